The molecule has 0 aliphatic carbocycles. The van der Waals surface area contributed by atoms with Crippen molar-refractivity contribution >= 4 is 5.91 Å². The summed E-state index contributed by atoms with van der Waals surface area (Å²) in [6.45, 7) is 0.424. The molecular weight excluding hydrogens is 133 g/mol. The SMILES string of the molecule is CN1CCC(CCF)C1=O. The van der Waals surface area contributed by atoms with Gasteiger partial charge in [-0.15, -0.1) is 0 Å². The predicted octanol–water partition coefficient (Wildman–Crippen LogP) is 0.824. The normalized spacial score (nSPS) is 26.0. The van der Waals surface area contributed by atoms with Crippen molar-refractivity contribution in [3.05, 3.63) is 0 Å². The average molecular weight is 145 g/mol. The third-order valence-electron chi connectivity index (χ3n) is 2.00. The van der Waals surface area contributed by atoms with E-state index < -0.39 is 0 Å². The molecule has 0 N–H and O–H groups in total. The molecular formula is C7H12FNO. The van der Waals surface area contributed by atoms with Crippen LogP contribution in [0.1, 0.15) is 12.8 Å². The van der Waals surface area contributed by atoms with Crippen LogP contribution in [-0.2, 0) is 4.79 Å². The molecule has 3 heteroatoms. The van der Waals surface area contributed by atoms with Gasteiger partial charge in [-0.3, -0.25) is 9.18 Å². The Bertz CT molecular complexity index is 136. The van der Waals surface area contributed by atoms with Crippen LogP contribution in [0.5, 0.6) is 0 Å². The van der Waals surface area contributed by atoms with Crippen LogP contribution in [0, 0.1) is 5.92 Å². The third-order valence-corrected chi connectivity index (χ3v) is 2.00. The number of hydrogen-bond acceptors (Lipinski definition) is 1. The first-order valence-corrected chi connectivity index (χ1v) is 3.56. The van der Waals surface area contributed by atoms with Crippen molar-refractivity contribution in [1.82, 2.24) is 4.90 Å². The maximum Gasteiger partial charge on any atom is 0.225 e. The fraction of sp³-hybridized carbons (Fsp3) is 0.857. The van der Waals surface area contributed by atoms with Gasteiger partial charge in [-0.05, 0) is 12.8 Å². The van der Waals surface area contributed by atoms with Crippen molar-refractivity contribution < 1.29 is 9.18 Å². The number of alkyl halides is 1. The first kappa shape index (κ1) is 7.51. The van der Waals surface area contributed by atoms with Crippen LogP contribution in [0.25, 0.3) is 0 Å². The van der Waals surface area contributed by atoms with Gasteiger partial charge in [-0.25, -0.2) is 0 Å². The van der Waals surface area contributed by atoms with E-state index in [2.05, 4.69) is 0 Å². The second kappa shape index (κ2) is 2.99. The van der Waals surface area contributed by atoms with Gasteiger partial charge in [0.2, 0.25) is 5.91 Å². The van der Waals surface area contributed by atoms with E-state index in [1.54, 1.807) is 11.9 Å². The molecule has 58 valence electrons. The molecule has 10 heavy (non-hydrogen) atoms. The molecule has 1 amide bonds. The van der Waals surface area contributed by atoms with E-state index in [1.807, 2.05) is 0 Å². The Hall–Kier alpha value is -0.600. The lowest BCUT2D eigenvalue weighted by molar-refractivity contribution is -0.130. The largest absolute Gasteiger partial charge is 0.345 e. The van der Waals surface area contributed by atoms with Crippen LogP contribution >= 0.6 is 0 Å². The fourth-order valence-electron chi connectivity index (χ4n) is 1.29. The number of amides is 1. The average Bonchev–Trinajstić information content (AvgIpc) is 2.20. The molecule has 0 radical (unpaired) electrons. The summed E-state index contributed by atoms with van der Waals surface area (Å²) in [5.74, 6) is 0.0765. The van der Waals surface area contributed by atoms with Crippen molar-refractivity contribution in [3.63, 3.8) is 0 Å². The molecule has 0 saturated carbocycles. The molecule has 0 aromatic heterocycles. The smallest absolute Gasteiger partial charge is 0.225 e. The molecule has 1 heterocycles. The second-order valence-corrected chi connectivity index (χ2v) is 2.72. The molecule has 1 rings (SSSR count). The second-order valence-electron chi connectivity index (χ2n) is 2.72. The highest BCUT2D eigenvalue weighted by Gasteiger charge is 2.27. The van der Waals surface area contributed by atoms with Crippen LogP contribution in [-0.4, -0.2) is 31.1 Å². The van der Waals surface area contributed by atoms with Gasteiger partial charge in [0.05, 0.1) is 6.67 Å². The highest BCUT2D eigenvalue weighted by molar-refractivity contribution is 5.80. The molecule has 1 saturated heterocycles. The van der Waals surface area contributed by atoms with Crippen LogP contribution in [0.2, 0.25) is 0 Å². The number of halogens is 1. The molecule has 0 aromatic rings. The van der Waals surface area contributed by atoms with E-state index in [1.165, 1.54) is 0 Å². The third kappa shape index (κ3) is 1.28. The van der Waals surface area contributed by atoms with E-state index >= 15 is 0 Å². The maximum atomic E-state index is 11.8. The van der Waals surface area contributed by atoms with Crippen LogP contribution < -0.4 is 0 Å². The van der Waals surface area contributed by atoms with Gasteiger partial charge in [0, 0.05) is 19.5 Å². The molecule has 0 bridgehead atoms. The minimum Gasteiger partial charge on any atom is -0.345 e. The Balaban J connectivity index is 2.41. The first-order chi connectivity index (χ1) is 4.75. The van der Waals surface area contributed by atoms with Gasteiger partial charge in [0.15, 0.2) is 0 Å². The molecule has 1 aliphatic heterocycles. The van der Waals surface area contributed by atoms with Crippen molar-refractivity contribution in [2.75, 3.05) is 20.3 Å². The van der Waals surface area contributed by atoms with Gasteiger partial charge in [0.25, 0.3) is 0 Å². The van der Waals surface area contributed by atoms with Gasteiger partial charge < -0.3 is 4.90 Å². The van der Waals surface area contributed by atoms with Gasteiger partial charge in [-0.1, -0.05) is 0 Å². The van der Waals surface area contributed by atoms with E-state index in [4.69, 9.17) is 0 Å². The van der Waals surface area contributed by atoms with Gasteiger partial charge >= 0.3 is 0 Å². The lowest BCUT2D eigenvalue weighted by Crippen LogP contribution is -2.22. The highest BCUT2D eigenvalue weighted by Crippen LogP contribution is 2.19. The summed E-state index contributed by atoms with van der Waals surface area (Å²) in [6.07, 6.45) is 1.24. The highest BCUT2D eigenvalue weighted by atomic mass is 19.1. The van der Waals surface area contributed by atoms with Crippen molar-refractivity contribution in [2.24, 2.45) is 5.92 Å². The summed E-state index contributed by atoms with van der Waals surface area (Å²) < 4.78 is 11.8. The predicted molar refractivity (Wildman–Crippen MR) is 36.3 cm³/mol. The van der Waals surface area contributed by atoms with Crippen molar-refractivity contribution in [2.45, 2.75) is 12.8 Å². The maximum absolute atomic E-state index is 11.8. The van der Waals surface area contributed by atoms with E-state index in [9.17, 15) is 9.18 Å². The summed E-state index contributed by atoms with van der Waals surface area (Å²) in [5, 5.41) is 0. The lowest BCUT2D eigenvalue weighted by atomic mass is 10.1. The Morgan fingerprint density at radius 1 is 1.80 bits per heavy atom. The zero-order valence-electron chi connectivity index (χ0n) is 6.14. The zero-order valence-corrected chi connectivity index (χ0v) is 6.14. The molecule has 1 atom stereocenters. The molecule has 0 spiro atoms. The number of likely N-dealkylation sites (tertiary alicyclic amines) is 1. The molecule has 2 nitrogen and oxygen atoms in total. The quantitative estimate of drug-likeness (QED) is 0.563. The number of carbonyl (C=O) groups is 1. The molecule has 1 unspecified atom stereocenters. The zero-order chi connectivity index (χ0) is 7.56. The molecule has 1 fully saturated rings. The van der Waals surface area contributed by atoms with Crippen molar-refractivity contribution in [3.8, 4) is 0 Å². The monoisotopic (exact) mass is 145 g/mol. The Morgan fingerprint density at radius 3 is 2.90 bits per heavy atom. The van der Waals surface area contributed by atoms with E-state index in [0.29, 0.717) is 6.42 Å². The number of rotatable bonds is 2. The molecule has 0 aromatic carbocycles. The van der Waals surface area contributed by atoms with Gasteiger partial charge in [-0.2, -0.15) is 0 Å². The lowest BCUT2D eigenvalue weighted by Gasteiger charge is -2.07. The Labute approximate surface area is 60.0 Å². The fourth-order valence-corrected chi connectivity index (χ4v) is 1.29. The van der Waals surface area contributed by atoms with Crippen molar-refractivity contribution in [1.29, 1.82) is 0 Å². The standard InChI is InChI=1S/C7H12FNO/c1-9-5-3-6(2-4-8)7(9)10/h6H,2-5H2,1H3. The summed E-state index contributed by atoms with van der Waals surface area (Å²) in [7, 11) is 1.76. The molecule has 1 aliphatic rings. The summed E-state index contributed by atoms with van der Waals surface area (Å²) in [6, 6.07) is 0. The van der Waals surface area contributed by atoms with Crippen LogP contribution in [0.4, 0.5) is 4.39 Å². The van der Waals surface area contributed by atoms with Crippen LogP contribution in [0.3, 0.4) is 0 Å². The number of carbonyl (C=O) groups excluding carboxylic acids is 1. The Kier molecular flexibility index (Phi) is 2.25. The summed E-state index contributed by atoms with van der Waals surface area (Å²) >= 11 is 0. The summed E-state index contributed by atoms with van der Waals surface area (Å²) in [4.78, 5) is 12.7. The minimum absolute atomic E-state index is 0.0324. The number of nitrogens with zero attached hydrogens (tertiary/aromatic N) is 1. The Morgan fingerprint density at radius 2 is 2.50 bits per heavy atom. The number of hydrogen-bond donors (Lipinski definition) is 0. The first-order valence-electron chi connectivity index (χ1n) is 3.56. The topological polar surface area (TPSA) is 20.3 Å². The van der Waals surface area contributed by atoms with E-state index in [0.717, 1.165) is 13.0 Å². The van der Waals surface area contributed by atoms with E-state index in [-0.39, 0.29) is 18.5 Å². The minimum atomic E-state index is -0.371. The van der Waals surface area contributed by atoms with Crippen LogP contribution in [0.15, 0.2) is 0 Å². The van der Waals surface area contributed by atoms with Gasteiger partial charge in [0.1, 0.15) is 0 Å². The summed E-state index contributed by atoms with van der Waals surface area (Å²) in [5.41, 5.74) is 0.